The molecule has 2 N–H and O–H groups in total. The summed E-state index contributed by atoms with van der Waals surface area (Å²) in [7, 11) is 0. The van der Waals surface area contributed by atoms with Gasteiger partial charge in [0.2, 0.25) is 5.91 Å². The van der Waals surface area contributed by atoms with Gasteiger partial charge in [-0.05, 0) is 30.3 Å². The summed E-state index contributed by atoms with van der Waals surface area (Å²) in [5.41, 5.74) is -2.13. The maximum atomic E-state index is 12.7. The topological polar surface area (TPSA) is 84.0 Å². The van der Waals surface area contributed by atoms with E-state index in [1.54, 1.807) is 18.2 Å². The number of aromatic nitrogens is 2. The Balaban J connectivity index is 1.87. The molecule has 0 unspecified atom stereocenters. The third-order valence-corrected chi connectivity index (χ3v) is 3.66. The van der Waals surface area contributed by atoms with E-state index >= 15 is 0 Å². The lowest BCUT2D eigenvalue weighted by molar-refractivity contribution is -0.137. The molecule has 0 saturated carbocycles. The molecule has 0 fully saturated rings. The van der Waals surface area contributed by atoms with Gasteiger partial charge in [0.25, 0.3) is 5.56 Å². The maximum Gasteiger partial charge on any atom is 0.416 e. The number of rotatable bonds is 3. The molecule has 1 aromatic heterocycles. The number of nitrogens with one attached hydrogen (secondary N) is 2. The van der Waals surface area contributed by atoms with E-state index in [-0.39, 0.29) is 11.1 Å². The molecule has 1 amide bonds. The second kappa shape index (κ2) is 6.51. The lowest BCUT2D eigenvalue weighted by Crippen LogP contribution is -2.38. The average molecular weight is 363 g/mol. The van der Waals surface area contributed by atoms with Gasteiger partial charge in [0.1, 0.15) is 6.54 Å². The largest absolute Gasteiger partial charge is 0.416 e. The van der Waals surface area contributed by atoms with E-state index in [1.165, 1.54) is 12.1 Å². The summed E-state index contributed by atoms with van der Waals surface area (Å²) < 4.78 is 38.8. The molecule has 2 aromatic carbocycles. The van der Waals surface area contributed by atoms with Crippen molar-refractivity contribution in [3.8, 4) is 0 Å². The van der Waals surface area contributed by atoms with Crippen LogP contribution >= 0.6 is 0 Å². The van der Waals surface area contributed by atoms with Gasteiger partial charge in [-0.25, -0.2) is 4.79 Å². The van der Waals surface area contributed by atoms with Gasteiger partial charge in [-0.2, -0.15) is 13.2 Å². The molecule has 0 aliphatic heterocycles. The van der Waals surface area contributed by atoms with Crippen LogP contribution in [0, 0.1) is 0 Å². The highest BCUT2D eigenvalue weighted by Crippen LogP contribution is 2.30. The van der Waals surface area contributed by atoms with E-state index < -0.39 is 35.4 Å². The highest BCUT2D eigenvalue weighted by molar-refractivity contribution is 5.90. The van der Waals surface area contributed by atoms with Crippen LogP contribution in [0.25, 0.3) is 10.9 Å². The number of H-pyrrole nitrogens is 1. The maximum absolute atomic E-state index is 12.7. The number of amides is 1. The van der Waals surface area contributed by atoms with Crippen molar-refractivity contribution in [3.63, 3.8) is 0 Å². The first kappa shape index (κ1) is 17.5. The third-order valence-electron chi connectivity index (χ3n) is 3.66. The van der Waals surface area contributed by atoms with Gasteiger partial charge in [-0.15, -0.1) is 0 Å². The summed E-state index contributed by atoms with van der Waals surface area (Å²) in [4.78, 5) is 38.9. The number of benzene rings is 2. The van der Waals surface area contributed by atoms with Crippen molar-refractivity contribution in [2.45, 2.75) is 12.7 Å². The summed E-state index contributed by atoms with van der Waals surface area (Å²) in [6.07, 6.45) is -4.55. The molecule has 26 heavy (non-hydrogen) atoms. The molecule has 0 radical (unpaired) electrons. The number of nitrogens with zero attached hydrogens (tertiary/aromatic N) is 1. The molecular formula is C17H12F3N3O3. The van der Waals surface area contributed by atoms with Crippen molar-refractivity contribution in [1.29, 1.82) is 0 Å². The van der Waals surface area contributed by atoms with Crippen LogP contribution in [-0.4, -0.2) is 15.5 Å². The number of halogens is 3. The zero-order valence-corrected chi connectivity index (χ0v) is 13.1. The van der Waals surface area contributed by atoms with Crippen LogP contribution in [0.2, 0.25) is 0 Å². The van der Waals surface area contributed by atoms with Gasteiger partial charge >= 0.3 is 11.9 Å². The Hall–Kier alpha value is -3.36. The first-order valence-electron chi connectivity index (χ1n) is 7.45. The Morgan fingerprint density at radius 3 is 2.54 bits per heavy atom. The Kier molecular flexibility index (Phi) is 4.37. The second-order valence-electron chi connectivity index (χ2n) is 5.49. The van der Waals surface area contributed by atoms with E-state index in [9.17, 15) is 27.6 Å². The molecule has 0 atom stereocenters. The molecule has 9 heteroatoms. The number of aromatic amines is 1. The lowest BCUT2D eigenvalue weighted by Gasteiger charge is -2.10. The van der Waals surface area contributed by atoms with E-state index in [0.29, 0.717) is 10.1 Å². The minimum Gasteiger partial charge on any atom is -0.325 e. The van der Waals surface area contributed by atoms with Crippen molar-refractivity contribution in [1.82, 2.24) is 9.55 Å². The summed E-state index contributed by atoms with van der Waals surface area (Å²) >= 11 is 0. The monoisotopic (exact) mass is 363 g/mol. The van der Waals surface area contributed by atoms with Gasteiger partial charge in [0.05, 0.1) is 16.5 Å². The predicted octanol–water partition coefficient (Wildman–Crippen LogP) is 2.35. The lowest BCUT2D eigenvalue weighted by atomic mass is 10.2. The molecule has 0 saturated heterocycles. The Labute approximate surface area is 143 Å². The summed E-state index contributed by atoms with van der Waals surface area (Å²) in [6.45, 7) is -0.630. The van der Waals surface area contributed by atoms with Gasteiger partial charge in [0.15, 0.2) is 0 Å². The predicted molar refractivity (Wildman–Crippen MR) is 88.9 cm³/mol. The number of hydrogen-bond acceptors (Lipinski definition) is 3. The van der Waals surface area contributed by atoms with Crippen molar-refractivity contribution < 1.29 is 18.0 Å². The van der Waals surface area contributed by atoms with Crippen LogP contribution in [0.1, 0.15) is 5.56 Å². The molecule has 6 nitrogen and oxygen atoms in total. The zero-order chi connectivity index (χ0) is 18.9. The van der Waals surface area contributed by atoms with Gasteiger partial charge < -0.3 is 10.3 Å². The van der Waals surface area contributed by atoms with Gasteiger partial charge in [-0.3, -0.25) is 14.2 Å². The van der Waals surface area contributed by atoms with E-state index in [4.69, 9.17) is 0 Å². The minimum atomic E-state index is -4.55. The number of carbonyl (C=O) groups is 1. The van der Waals surface area contributed by atoms with E-state index in [2.05, 4.69) is 10.3 Å². The molecular weight excluding hydrogens is 351 g/mol. The molecule has 0 spiro atoms. The number of para-hydroxylation sites is 1. The first-order valence-corrected chi connectivity index (χ1v) is 7.45. The quantitative estimate of drug-likeness (QED) is 0.749. The Morgan fingerprint density at radius 1 is 1.08 bits per heavy atom. The zero-order valence-electron chi connectivity index (χ0n) is 13.1. The van der Waals surface area contributed by atoms with E-state index in [0.717, 1.165) is 18.2 Å². The Morgan fingerprint density at radius 2 is 1.81 bits per heavy atom. The fourth-order valence-electron chi connectivity index (χ4n) is 2.46. The second-order valence-corrected chi connectivity index (χ2v) is 5.49. The summed E-state index contributed by atoms with van der Waals surface area (Å²) in [5, 5.41) is 2.48. The number of anilines is 1. The first-order chi connectivity index (χ1) is 12.3. The Bertz CT molecular complexity index is 1100. The highest BCUT2D eigenvalue weighted by atomic mass is 19.4. The minimum absolute atomic E-state index is 0.0879. The van der Waals surface area contributed by atoms with Crippen LogP contribution < -0.4 is 16.6 Å². The van der Waals surface area contributed by atoms with Crippen molar-refractivity contribution in [2.24, 2.45) is 0 Å². The number of alkyl halides is 3. The number of fused-ring (bicyclic) bond motifs is 1. The molecule has 3 rings (SSSR count). The number of carbonyl (C=O) groups excluding carboxylic acids is 1. The van der Waals surface area contributed by atoms with Gasteiger partial charge in [-0.1, -0.05) is 18.2 Å². The fraction of sp³-hybridized carbons (Fsp3) is 0.118. The van der Waals surface area contributed by atoms with Crippen molar-refractivity contribution >= 4 is 22.5 Å². The molecule has 0 bridgehead atoms. The van der Waals surface area contributed by atoms with Crippen molar-refractivity contribution in [3.05, 3.63) is 74.9 Å². The molecule has 0 aliphatic rings. The molecule has 3 aromatic rings. The third kappa shape index (κ3) is 3.51. The van der Waals surface area contributed by atoms with Crippen LogP contribution in [-0.2, 0) is 17.5 Å². The SMILES string of the molecule is O=C(Cn1c(=O)[nH]c2ccccc2c1=O)Nc1cccc(C(F)(F)F)c1. The van der Waals surface area contributed by atoms with Crippen LogP contribution in [0.5, 0.6) is 0 Å². The molecule has 0 aliphatic carbocycles. The summed E-state index contributed by atoms with van der Waals surface area (Å²) in [6, 6.07) is 10.4. The molecule has 134 valence electrons. The summed E-state index contributed by atoms with van der Waals surface area (Å²) in [5.74, 6) is -0.799. The standard InChI is InChI=1S/C17H12F3N3O3/c18-17(19,20)10-4-3-5-11(8-10)21-14(24)9-23-15(25)12-6-1-2-7-13(12)22-16(23)26/h1-8H,9H2,(H,21,24)(H,22,26). The normalized spacial score (nSPS) is 11.5. The smallest absolute Gasteiger partial charge is 0.325 e. The average Bonchev–Trinajstić information content (AvgIpc) is 2.58. The number of hydrogen-bond donors (Lipinski definition) is 2. The van der Waals surface area contributed by atoms with Crippen LogP contribution in [0.15, 0.2) is 58.1 Å². The van der Waals surface area contributed by atoms with E-state index in [1.807, 2.05) is 0 Å². The highest BCUT2D eigenvalue weighted by Gasteiger charge is 2.30. The van der Waals surface area contributed by atoms with Crippen LogP contribution in [0.3, 0.4) is 0 Å². The fourth-order valence-corrected chi connectivity index (χ4v) is 2.46. The van der Waals surface area contributed by atoms with Gasteiger partial charge in [0, 0.05) is 5.69 Å². The molecule has 1 heterocycles. The van der Waals surface area contributed by atoms with Crippen LogP contribution in [0.4, 0.5) is 18.9 Å². The van der Waals surface area contributed by atoms with Crippen molar-refractivity contribution in [2.75, 3.05) is 5.32 Å².